The molecule has 0 aliphatic carbocycles. The highest BCUT2D eigenvalue weighted by molar-refractivity contribution is 7.89. The topological polar surface area (TPSA) is 105 Å². The summed E-state index contributed by atoms with van der Waals surface area (Å²) >= 11 is 6.02. The number of carbonyl (C=O) groups excluding carboxylic acids is 1. The van der Waals surface area contributed by atoms with Crippen molar-refractivity contribution in [3.63, 3.8) is 0 Å². The number of hydrogen-bond donors (Lipinski definition) is 2. The van der Waals surface area contributed by atoms with Crippen molar-refractivity contribution >= 4 is 33.2 Å². The summed E-state index contributed by atoms with van der Waals surface area (Å²) in [4.78, 5) is 12.5. The number of sulfonamides is 1. The average molecular weight is 495 g/mol. The zero-order chi connectivity index (χ0) is 23.4. The molecule has 0 unspecified atom stereocenters. The molecular weight excluding hydrogens is 468 g/mol. The molecule has 4 atom stereocenters. The van der Waals surface area contributed by atoms with E-state index in [9.17, 15) is 18.3 Å². The molecule has 2 aliphatic rings. The van der Waals surface area contributed by atoms with Gasteiger partial charge in [0.2, 0.25) is 15.9 Å². The molecule has 10 heteroatoms. The number of carbonyl (C=O) groups is 1. The van der Waals surface area contributed by atoms with E-state index < -0.39 is 28.3 Å². The molecule has 2 heterocycles. The number of aliphatic hydroxyl groups excluding tert-OH is 1. The van der Waals surface area contributed by atoms with Crippen molar-refractivity contribution in [1.29, 1.82) is 0 Å². The smallest absolute Gasteiger partial charge is 0.243 e. The maximum Gasteiger partial charge on any atom is 0.243 e. The van der Waals surface area contributed by atoms with Gasteiger partial charge in [-0.25, -0.2) is 8.42 Å². The molecule has 2 N–H and O–H groups in total. The van der Waals surface area contributed by atoms with E-state index in [1.54, 1.807) is 12.1 Å². The van der Waals surface area contributed by atoms with Gasteiger partial charge in [-0.3, -0.25) is 4.79 Å². The highest BCUT2D eigenvalue weighted by Crippen LogP contribution is 2.32. The summed E-state index contributed by atoms with van der Waals surface area (Å²) in [5.41, 5.74) is 0.707. The number of benzene rings is 2. The second-order valence-electron chi connectivity index (χ2n) is 8.28. The first kappa shape index (κ1) is 24.1. The maximum absolute atomic E-state index is 13.5. The molecule has 2 aromatic rings. The van der Waals surface area contributed by atoms with Crippen LogP contribution in [0.15, 0.2) is 59.5 Å². The summed E-state index contributed by atoms with van der Waals surface area (Å²) in [5.74, 6) is -0.171. The largest absolute Gasteiger partial charge is 0.389 e. The number of nitrogens with zero attached hydrogens (tertiary/aromatic N) is 1. The van der Waals surface area contributed by atoms with Crippen molar-refractivity contribution in [3.8, 4) is 0 Å². The molecule has 2 aromatic carbocycles. The number of nitrogens with one attached hydrogen (secondary N) is 1. The van der Waals surface area contributed by atoms with Gasteiger partial charge in [-0.1, -0.05) is 35.9 Å². The van der Waals surface area contributed by atoms with E-state index in [4.69, 9.17) is 21.1 Å². The SMILES string of the molecule is O=C(C[C@@H]1CC[C@H]2[C@@H](COC[C@@H](O)CN2S(=O)(=O)c2cccc(Cl)c2)O1)Nc1ccccc1. The molecule has 0 radical (unpaired) electrons. The summed E-state index contributed by atoms with van der Waals surface area (Å²) in [7, 11) is -3.93. The van der Waals surface area contributed by atoms with Gasteiger partial charge in [0, 0.05) is 17.3 Å². The second kappa shape index (κ2) is 10.5. The Kier molecular flexibility index (Phi) is 7.68. The number of hydrogen-bond acceptors (Lipinski definition) is 6. The van der Waals surface area contributed by atoms with Gasteiger partial charge in [0.1, 0.15) is 0 Å². The summed E-state index contributed by atoms with van der Waals surface area (Å²) in [6, 6.07) is 14.7. The van der Waals surface area contributed by atoms with Crippen LogP contribution in [-0.4, -0.2) is 67.8 Å². The van der Waals surface area contributed by atoms with E-state index >= 15 is 0 Å². The molecule has 0 bridgehead atoms. The Hall–Kier alpha value is -2.01. The quantitative estimate of drug-likeness (QED) is 0.662. The summed E-state index contributed by atoms with van der Waals surface area (Å²) < 4.78 is 40.0. The molecule has 0 saturated carbocycles. The van der Waals surface area contributed by atoms with Crippen LogP contribution in [-0.2, 0) is 24.3 Å². The Morgan fingerprint density at radius 3 is 2.67 bits per heavy atom. The lowest BCUT2D eigenvalue weighted by Gasteiger charge is -2.43. The van der Waals surface area contributed by atoms with Crippen molar-refractivity contribution in [2.75, 3.05) is 25.1 Å². The third kappa shape index (κ3) is 5.92. The Labute approximate surface area is 198 Å². The van der Waals surface area contributed by atoms with Crippen molar-refractivity contribution < 1.29 is 27.8 Å². The summed E-state index contributed by atoms with van der Waals surface area (Å²) in [5, 5.41) is 13.5. The predicted molar refractivity (Wildman–Crippen MR) is 124 cm³/mol. The van der Waals surface area contributed by atoms with Gasteiger partial charge in [0.25, 0.3) is 0 Å². The van der Waals surface area contributed by atoms with Gasteiger partial charge >= 0.3 is 0 Å². The number of ether oxygens (including phenoxy) is 2. The third-order valence-electron chi connectivity index (χ3n) is 5.81. The second-order valence-corrected chi connectivity index (χ2v) is 10.6. The highest BCUT2D eigenvalue weighted by Gasteiger charge is 2.43. The van der Waals surface area contributed by atoms with Crippen LogP contribution in [0, 0.1) is 0 Å². The number of anilines is 1. The van der Waals surface area contributed by atoms with Crippen LogP contribution in [0.25, 0.3) is 0 Å². The average Bonchev–Trinajstić information content (AvgIpc) is 2.77. The van der Waals surface area contributed by atoms with Crippen LogP contribution in [0.3, 0.4) is 0 Å². The van der Waals surface area contributed by atoms with E-state index in [1.807, 2.05) is 30.3 Å². The van der Waals surface area contributed by atoms with E-state index in [1.165, 1.54) is 16.4 Å². The zero-order valence-corrected chi connectivity index (χ0v) is 19.5. The van der Waals surface area contributed by atoms with Crippen LogP contribution in [0.5, 0.6) is 0 Å². The Morgan fingerprint density at radius 1 is 1.12 bits per heavy atom. The van der Waals surface area contributed by atoms with Crippen LogP contribution >= 0.6 is 11.6 Å². The number of halogens is 1. The molecule has 1 amide bonds. The fourth-order valence-corrected chi connectivity index (χ4v) is 6.29. The van der Waals surface area contributed by atoms with Crippen LogP contribution < -0.4 is 5.32 Å². The lowest BCUT2D eigenvalue weighted by Crippen LogP contribution is -2.57. The molecule has 8 nitrogen and oxygen atoms in total. The van der Waals surface area contributed by atoms with Gasteiger partial charge in [-0.2, -0.15) is 4.31 Å². The molecule has 2 fully saturated rings. The predicted octanol–water partition coefficient (Wildman–Crippen LogP) is 2.67. The zero-order valence-electron chi connectivity index (χ0n) is 18.0. The fraction of sp³-hybridized carbons (Fsp3) is 0.435. The highest BCUT2D eigenvalue weighted by atomic mass is 35.5. The Morgan fingerprint density at radius 2 is 1.91 bits per heavy atom. The van der Waals surface area contributed by atoms with Crippen molar-refractivity contribution in [2.24, 2.45) is 0 Å². The monoisotopic (exact) mass is 494 g/mol. The number of β-amino-alcohol motifs (C(OH)–C–C–N with tert-alkyl or cyclic N) is 1. The molecule has 2 saturated heterocycles. The number of fused-ring (bicyclic) bond motifs is 1. The van der Waals surface area contributed by atoms with Gasteiger partial charge < -0.3 is 19.9 Å². The fourth-order valence-electron chi connectivity index (χ4n) is 4.27. The lowest BCUT2D eigenvalue weighted by atomic mass is 9.96. The Bertz CT molecular complexity index is 1070. The normalized spacial score (nSPS) is 26.6. The van der Waals surface area contributed by atoms with Crippen LogP contribution in [0.2, 0.25) is 5.02 Å². The van der Waals surface area contributed by atoms with Gasteiger partial charge in [0.15, 0.2) is 0 Å². The molecular formula is C23H27ClN2O6S. The number of rotatable bonds is 5. The molecule has 0 aromatic heterocycles. The standard InChI is InChI=1S/C23H27ClN2O6S/c24-16-5-4-8-20(11-16)33(29,30)26-13-18(27)14-31-15-22-21(26)10-9-19(32-22)12-23(28)25-17-6-2-1-3-7-17/h1-8,11,18-19,21-22,27H,9-10,12-15H2,(H,25,28)/t18-,19-,21-,22+/m0/s1. The van der Waals surface area contributed by atoms with Gasteiger partial charge in [0.05, 0.1) is 48.9 Å². The van der Waals surface area contributed by atoms with E-state index in [0.29, 0.717) is 23.6 Å². The minimum Gasteiger partial charge on any atom is -0.389 e. The summed E-state index contributed by atoms with van der Waals surface area (Å²) in [6.45, 7) is 0.00589. The number of aliphatic hydroxyl groups is 1. The molecule has 4 rings (SSSR count). The van der Waals surface area contributed by atoms with Gasteiger partial charge in [-0.15, -0.1) is 0 Å². The van der Waals surface area contributed by atoms with Crippen molar-refractivity contribution in [2.45, 2.75) is 48.5 Å². The Balaban J connectivity index is 1.49. The first-order valence-corrected chi connectivity index (χ1v) is 12.7. The minimum atomic E-state index is -3.93. The molecule has 0 spiro atoms. The maximum atomic E-state index is 13.5. The van der Waals surface area contributed by atoms with Crippen LogP contribution in [0.4, 0.5) is 5.69 Å². The number of amides is 1. The first-order chi connectivity index (χ1) is 15.8. The first-order valence-electron chi connectivity index (χ1n) is 10.9. The van der Waals surface area contributed by atoms with E-state index in [0.717, 1.165) is 0 Å². The summed E-state index contributed by atoms with van der Waals surface area (Å²) in [6.07, 6.45) is -0.755. The molecule has 33 heavy (non-hydrogen) atoms. The van der Waals surface area contributed by atoms with Crippen LogP contribution in [0.1, 0.15) is 19.3 Å². The third-order valence-corrected chi connectivity index (χ3v) is 7.93. The van der Waals surface area contributed by atoms with Crippen molar-refractivity contribution in [3.05, 3.63) is 59.6 Å². The van der Waals surface area contributed by atoms with E-state index in [2.05, 4.69) is 5.32 Å². The van der Waals surface area contributed by atoms with Gasteiger partial charge in [-0.05, 0) is 43.2 Å². The lowest BCUT2D eigenvalue weighted by molar-refractivity contribution is -0.144. The molecule has 2 aliphatic heterocycles. The minimum absolute atomic E-state index is 0.00664. The molecule has 178 valence electrons. The van der Waals surface area contributed by atoms with Crippen molar-refractivity contribution in [1.82, 2.24) is 4.31 Å². The number of para-hydroxylation sites is 1. The van der Waals surface area contributed by atoms with E-state index in [-0.39, 0.29) is 43.1 Å².